The highest BCUT2D eigenvalue weighted by molar-refractivity contribution is 7.92. The van der Waals surface area contributed by atoms with Crippen molar-refractivity contribution in [2.45, 2.75) is 57.1 Å². The number of rotatable bonds is 6. The third kappa shape index (κ3) is 5.13. The molecule has 0 spiro atoms. The average molecular weight is 252 g/mol. The highest BCUT2D eigenvalue weighted by Gasteiger charge is 2.19. The van der Waals surface area contributed by atoms with Crippen molar-refractivity contribution in [1.82, 2.24) is 0 Å². The zero-order chi connectivity index (χ0) is 12.8. The van der Waals surface area contributed by atoms with Gasteiger partial charge in [0.15, 0.2) is 4.90 Å². The molecule has 0 saturated heterocycles. The van der Waals surface area contributed by atoms with Crippen molar-refractivity contribution in [3.05, 3.63) is 29.8 Å². The van der Waals surface area contributed by atoms with Gasteiger partial charge in [-0.2, -0.15) is 0 Å². The van der Waals surface area contributed by atoms with Crippen LogP contribution in [0.4, 0.5) is 0 Å². The van der Waals surface area contributed by atoms with E-state index in [9.17, 15) is 4.55 Å². The first kappa shape index (κ1) is 14.6. The van der Waals surface area contributed by atoms with Crippen molar-refractivity contribution in [3.8, 4) is 0 Å². The Labute approximate surface area is 109 Å². The minimum absolute atomic E-state index is 0.261. The van der Waals surface area contributed by atoms with Gasteiger partial charge < -0.3 is 4.55 Å². The van der Waals surface area contributed by atoms with Gasteiger partial charge in [0.2, 0.25) is 0 Å². The Hall–Kier alpha value is -0.470. The van der Waals surface area contributed by atoms with Crippen LogP contribution in [0.25, 0.3) is 0 Å². The minimum atomic E-state index is -0.851. The fraction of sp³-hybridized carbons (Fsp3) is 0.600. The van der Waals surface area contributed by atoms with Crippen LogP contribution in [0.5, 0.6) is 0 Å². The molecule has 0 bridgehead atoms. The van der Waals surface area contributed by atoms with E-state index in [4.69, 9.17) is 0 Å². The van der Waals surface area contributed by atoms with Crippen molar-refractivity contribution in [1.29, 1.82) is 0 Å². The third-order valence-corrected chi connectivity index (χ3v) is 4.71. The monoisotopic (exact) mass is 252 g/mol. The molecule has 2 heteroatoms. The Balaban J connectivity index is 2.45. The Morgan fingerprint density at radius 1 is 1.06 bits per heavy atom. The van der Waals surface area contributed by atoms with E-state index >= 15 is 0 Å². The van der Waals surface area contributed by atoms with E-state index in [1.165, 1.54) is 18.4 Å². The molecule has 0 aliphatic heterocycles. The largest absolute Gasteiger partial charge is 0.611 e. The average Bonchev–Trinajstić information content (AvgIpc) is 2.28. The van der Waals surface area contributed by atoms with Crippen LogP contribution in [0.3, 0.4) is 0 Å². The Kier molecular flexibility index (Phi) is 6.07. The summed E-state index contributed by atoms with van der Waals surface area (Å²) in [5, 5.41) is 0.261. The van der Waals surface area contributed by atoms with Gasteiger partial charge in [-0.05, 0) is 55.9 Å². The van der Waals surface area contributed by atoms with Crippen LogP contribution in [0.15, 0.2) is 29.2 Å². The molecule has 0 amide bonds. The summed E-state index contributed by atoms with van der Waals surface area (Å²) in [4.78, 5) is 0.965. The van der Waals surface area contributed by atoms with Crippen molar-refractivity contribution >= 4 is 11.2 Å². The van der Waals surface area contributed by atoms with Crippen molar-refractivity contribution in [3.63, 3.8) is 0 Å². The van der Waals surface area contributed by atoms with Crippen LogP contribution >= 0.6 is 0 Å². The molecule has 1 aromatic carbocycles. The molecule has 1 nitrogen and oxygen atoms in total. The van der Waals surface area contributed by atoms with Gasteiger partial charge in [-0.1, -0.05) is 38.0 Å². The predicted molar refractivity (Wildman–Crippen MR) is 75.7 cm³/mol. The number of hydrogen-bond acceptors (Lipinski definition) is 1. The fourth-order valence-electron chi connectivity index (χ4n) is 1.83. The third-order valence-electron chi connectivity index (χ3n) is 3.01. The topological polar surface area (TPSA) is 23.1 Å². The second kappa shape index (κ2) is 7.07. The lowest BCUT2D eigenvalue weighted by Crippen LogP contribution is -2.18. The first-order valence-corrected chi connectivity index (χ1v) is 7.69. The van der Waals surface area contributed by atoms with E-state index in [0.29, 0.717) is 0 Å². The van der Waals surface area contributed by atoms with E-state index < -0.39 is 11.2 Å². The summed E-state index contributed by atoms with van der Waals surface area (Å²) in [7, 11) is 0. The molecule has 96 valence electrons. The summed E-state index contributed by atoms with van der Waals surface area (Å²) >= 11 is -0.851. The highest BCUT2D eigenvalue weighted by Crippen LogP contribution is 2.21. The van der Waals surface area contributed by atoms with Gasteiger partial charge in [0, 0.05) is 0 Å². The smallest absolute Gasteiger partial charge is 0.152 e. The number of hydrogen-bond donors (Lipinski definition) is 0. The van der Waals surface area contributed by atoms with Crippen molar-refractivity contribution in [2.24, 2.45) is 5.92 Å². The molecule has 0 heterocycles. The summed E-state index contributed by atoms with van der Waals surface area (Å²) in [6.45, 7) is 8.62. The molecule has 1 aromatic rings. The maximum atomic E-state index is 12.2. The SMILES string of the molecule is Cc1ccc([S+]([O-])C(C)CCCC(C)C)cc1. The highest BCUT2D eigenvalue weighted by atomic mass is 32.2. The maximum Gasteiger partial charge on any atom is 0.152 e. The van der Waals surface area contributed by atoms with E-state index in [0.717, 1.165) is 17.2 Å². The maximum absolute atomic E-state index is 12.2. The molecule has 0 aromatic heterocycles. The van der Waals surface area contributed by atoms with Gasteiger partial charge in [-0.15, -0.1) is 0 Å². The molecule has 0 radical (unpaired) electrons. The fourth-order valence-corrected chi connectivity index (χ4v) is 3.07. The van der Waals surface area contributed by atoms with Crippen LogP contribution in [0, 0.1) is 12.8 Å². The molecule has 0 N–H and O–H groups in total. The zero-order valence-electron chi connectivity index (χ0n) is 11.4. The van der Waals surface area contributed by atoms with Crippen LogP contribution in [-0.4, -0.2) is 9.80 Å². The quantitative estimate of drug-likeness (QED) is 0.692. The van der Waals surface area contributed by atoms with Gasteiger partial charge >= 0.3 is 0 Å². The van der Waals surface area contributed by atoms with Crippen molar-refractivity contribution < 1.29 is 4.55 Å². The number of benzene rings is 1. The lowest BCUT2D eigenvalue weighted by molar-refractivity contribution is 0.522. The lowest BCUT2D eigenvalue weighted by Gasteiger charge is -2.18. The number of aryl methyl sites for hydroxylation is 1. The summed E-state index contributed by atoms with van der Waals surface area (Å²) in [5.41, 5.74) is 1.22. The molecule has 0 fully saturated rings. The van der Waals surface area contributed by atoms with E-state index in [-0.39, 0.29) is 5.25 Å². The Bertz CT molecular complexity index is 318. The normalized spacial score (nSPS) is 14.9. The molecule has 17 heavy (non-hydrogen) atoms. The van der Waals surface area contributed by atoms with E-state index in [1.807, 2.05) is 24.3 Å². The van der Waals surface area contributed by atoms with Crippen LogP contribution in [0.2, 0.25) is 0 Å². The molecule has 2 atom stereocenters. The summed E-state index contributed by atoms with van der Waals surface area (Å²) in [5.74, 6) is 0.745. The van der Waals surface area contributed by atoms with Gasteiger partial charge in [0.25, 0.3) is 0 Å². The predicted octanol–water partition coefficient (Wildman–Crippen LogP) is 4.32. The summed E-state index contributed by atoms with van der Waals surface area (Å²) < 4.78 is 12.2. The van der Waals surface area contributed by atoms with Gasteiger partial charge in [-0.3, -0.25) is 0 Å². The summed E-state index contributed by atoms with van der Waals surface area (Å²) in [6, 6.07) is 8.05. The first-order chi connectivity index (χ1) is 8.00. The van der Waals surface area contributed by atoms with Crippen LogP contribution in [-0.2, 0) is 11.2 Å². The van der Waals surface area contributed by atoms with Gasteiger partial charge in [-0.25, -0.2) is 0 Å². The lowest BCUT2D eigenvalue weighted by atomic mass is 10.1. The molecule has 0 aliphatic carbocycles. The van der Waals surface area contributed by atoms with Crippen LogP contribution in [0.1, 0.15) is 45.6 Å². The van der Waals surface area contributed by atoms with Crippen molar-refractivity contribution in [2.75, 3.05) is 0 Å². The van der Waals surface area contributed by atoms with Gasteiger partial charge in [0.1, 0.15) is 5.25 Å². The Morgan fingerprint density at radius 3 is 2.18 bits per heavy atom. The molecule has 1 rings (SSSR count). The first-order valence-electron chi connectivity index (χ1n) is 6.48. The molecule has 0 saturated carbocycles. The van der Waals surface area contributed by atoms with E-state index in [2.05, 4.69) is 27.7 Å². The molecule has 0 aliphatic rings. The zero-order valence-corrected chi connectivity index (χ0v) is 12.2. The van der Waals surface area contributed by atoms with Crippen LogP contribution < -0.4 is 0 Å². The molecular formula is C15H24OS. The Morgan fingerprint density at radius 2 is 1.65 bits per heavy atom. The summed E-state index contributed by atoms with van der Waals surface area (Å²) in [6.07, 6.45) is 3.46. The second-order valence-corrected chi connectivity index (χ2v) is 7.12. The van der Waals surface area contributed by atoms with E-state index in [1.54, 1.807) is 0 Å². The molecule has 2 unspecified atom stereocenters. The second-order valence-electron chi connectivity index (χ2n) is 5.25. The minimum Gasteiger partial charge on any atom is -0.611 e. The standard InChI is InChI=1S/C15H24OS/c1-12(2)6-5-7-14(4)17(16)15-10-8-13(3)9-11-15/h8-12,14H,5-7H2,1-4H3. The molecular weight excluding hydrogens is 228 g/mol. The van der Waals surface area contributed by atoms with Gasteiger partial charge in [0.05, 0.1) is 0 Å².